The summed E-state index contributed by atoms with van der Waals surface area (Å²) in [6.07, 6.45) is -4.47. The molecule has 100 valence electrons. The normalized spacial score (nSPS) is 15.2. The van der Waals surface area contributed by atoms with E-state index < -0.39 is 23.1 Å². The molecule has 0 bridgehead atoms. The van der Waals surface area contributed by atoms with E-state index in [-0.39, 0.29) is 13.0 Å². The van der Waals surface area contributed by atoms with Crippen LogP contribution in [-0.4, -0.2) is 17.6 Å². The van der Waals surface area contributed by atoms with Gasteiger partial charge in [-0.3, -0.25) is 4.79 Å². The first-order valence-electron chi connectivity index (χ1n) is 5.28. The van der Waals surface area contributed by atoms with Crippen LogP contribution in [0.4, 0.5) is 13.2 Å². The van der Waals surface area contributed by atoms with Crippen LogP contribution in [0.15, 0.2) is 24.3 Å². The molecule has 0 fully saturated rings. The number of hydrogen-bond donors (Lipinski definition) is 2. The van der Waals surface area contributed by atoms with E-state index in [4.69, 9.17) is 10.8 Å². The molecule has 0 saturated carbocycles. The Morgan fingerprint density at radius 2 is 2.00 bits per heavy atom. The zero-order valence-electron chi connectivity index (χ0n) is 9.79. The number of alkyl halides is 3. The zero-order valence-corrected chi connectivity index (χ0v) is 9.79. The summed E-state index contributed by atoms with van der Waals surface area (Å²) in [5.74, 6) is -1.12. The molecule has 3 nitrogen and oxygen atoms in total. The van der Waals surface area contributed by atoms with Crippen LogP contribution in [0.25, 0.3) is 0 Å². The fourth-order valence-electron chi connectivity index (χ4n) is 1.54. The summed E-state index contributed by atoms with van der Waals surface area (Å²) in [5, 5.41) is 9.02. The van der Waals surface area contributed by atoms with Crippen molar-refractivity contribution in [2.45, 2.75) is 19.5 Å². The highest BCUT2D eigenvalue weighted by Crippen LogP contribution is 2.31. The monoisotopic (exact) mass is 261 g/mol. The summed E-state index contributed by atoms with van der Waals surface area (Å²) >= 11 is 0. The van der Waals surface area contributed by atoms with Gasteiger partial charge in [0, 0.05) is 6.54 Å². The lowest BCUT2D eigenvalue weighted by Gasteiger charge is -2.23. The molecular weight excluding hydrogens is 247 g/mol. The maximum Gasteiger partial charge on any atom is 0.416 e. The standard InChI is InChI=1S/C12H14F3NO2/c1-11(7-16,10(17)18)6-8-3-2-4-9(5-8)12(13,14)15/h2-5H,6-7,16H2,1H3,(H,17,18). The predicted molar refractivity (Wildman–Crippen MR) is 59.9 cm³/mol. The Morgan fingerprint density at radius 3 is 2.44 bits per heavy atom. The Bertz CT molecular complexity index is 445. The molecule has 0 amide bonds. The molecule has 1 rings (SSSR count). The van der Waals surface area contributed by atoms with Crippen LogP contribution in [0, 0.1) is 5.41 Å². The van der Waals surface area contributed by atoms with Gasteiger partial charge in [0.1, 0.15) is 0 Å². The molecular formula is C12H14F3NO2. The number of nitrogens with two attached hydrogens (primary N) is 1. The lowest BCUT2D eigenvalue weighted by Crippen LogP contribution is -2.37. The van der Waals surface area contributed by atoms with E-state index >= 15 is 0 Å². The van der Waals surface area contributed by atoms with Crippen molar-refractivity contribution in [3.63, 3.8) is 0 Å². The van der Waals surface area contributed by atoms with E-state index in [9.17, 15) is 18.0 Å². The molecule has 18 heavy (non-hydrogen) atoms. The molecule has 1 aromatic carbocycles. The van der Waals surface area contributed by atoms with E-state index in [0.717, 1.165) is 12.1 Å². The minimum atomic E-state index is -4.43. The van der Waals surface area contributed by atoms with Gasteiger partial charge in [0.25, 0.3) is 0 Å². The van der Waals surface area contributed by atoms with Crippen LogP contribution < -0.4 is 5.73 Å². The molecule has 0 aliphatic rings. The minimum absolute atomic E-state index is 0.0389. The summed E-state index contributed by atoms with van der Waals surface area (Å²) in [7, 11) is 0. The van der Waals surface area contributed by atoms with Crippen molar-refractivity contribution >= 4 is 5.97 Å². The second-order valence-corrected chi connectivity index (χ2v) is 4.44. The van der Waals surface area contributed by atoms with Crippen molar-refractivity contribution in [3.05, 3.63) is 35.4 Å². The number of halogens is 3. The third-order valence-corrected chi connectivity index (χ3v) is 2.82. The van der Waals surface area contributed by atoms with Crippen LogP contribution >= 0.6 is 0 Å². The highest BCUT2D eigenvalue weighted by atomic mass is 19.4. The smallest absolute Gasteiger partial charge is 0.416 e. The molecule has 1 atom stereocenters. The van der Waals surface area contributed by atoms with Crippen LogP contribution in [0.2, 0.25) is 0 Å². The SMILES string of the molecule is CC(CN)(Cc1cccc(C(F)(F)F)c1)C(=O)O. The van der Waals surface area contributed by atoms with Crippen molar-refractivity contribution in [1.29, 1.82) is 0 Å². The van der Waals surface area contributed by atoms with Crippen molar-refractivity contribution in [2.24, 2.45) is 11.1 Å². The Morgan fingerprint density at radius 1 is 1.39 bits per heavy atom. The second-order valence-electron chi connectivity index (χ2n) is 4.44. The van der Waals surface area contributed by atoms with E-state index in [1.807, 2.05) is 0 Å². The quantitative estimate of drug-likeness (QED) is 0.874. The first-order chi connectivity index (χ1) is 8.19. The highest BCUT2D eigenvalue weighted by molar-refractivity contribution is 5.74. The van der Waals surface area contributed by atoms with Gasteiger partial charge in [0.15, 0.2) is 0 Å². The Balaban J connectivity index is 3.02. The third kappa shape index (κ3) is 3.22. The molecule has 0 aliphatic carbocycles. The predicted octanol–water partition coefficient (Wildman–Crippen LogP) is 2.30. The number of carbonyl (C=O) groups is 1. The fraction of sp³-hybridized carbons (Fsp3) is 0.417. The fourth-order valence-corrected chi connectivity index (χ4v) is 1.54. The number of carboxylic acid groups (broad SMARTS) is 1. The Kier molecular flexibility index (Phi) is 4.01. The molecule has 0 aromatic heterocycles. The Labute approximate surface area is 102 Å². The Hall–Kier alpha value is -1.56. The van der Waals surface area contributed by atoms with E-state index in [1.54, 1.807) is 0 Å². The van der Waals surface area contributed by atoms with Crippen LogP contribution in [0.3, 0.4) is 0 Å². The summed E-state index contributed by atoms with van der Waals surface area (Å²) in [6, 6.07) is 4.63. The molecule has 3 N–H and O–H groups in total. The van der Waals surface area contributed by atoms with Gasteiger partial charge in [-0.1, -0.05) is 18.2 Å². The minimum Gasteiger partial charge on any atom is -0.481 e. The van der Waals surface area contributed by atoms with Gasteiger partial charge >= 0.3 is 12.1 Å². The first-order valence-corrected chi connectivity index (χ1v) is 5.28. The van der Waals surface area contributed by atoms with Gasteiger partial charge in [0.05, 0.1) is 11.0 Å². The summed E-state index contributed by atoms with van der Waals surface area (Å²) in [6.45, 7) is 1.27. The van der Waals surface area contributed by atoms with Gasteiger partial charge in [0.2, 0.25) is 0 Å². The maximum atomic E-state index is 12.5. The molecule has 6 heteroatoms. The molecule has 0 heterocycles. The van der Waals surface area contributed by atoms with Crippen molar-refractivity contribution in [2.75, 3.05) is 6.54 Å². The van der Waals surface area contributed by atoms with Crippen LogP contribution in [0.1, 0.15) is 18.1 Å². The molecule has 1 unspecified atom stereocenters. The lowest BCUT2D eigenvalue weighted by atomic mass is 9.83. The van der Waals surface area contributed by atoms with Crippen molar-refractivity contribution < 1.29 is 23.1 Å². The van der Waals surface area contributed by atoms with E-state index in [2.05, 4.69) is 0 Å². The molecule has 0 radical (unpaired) electrons. The van der Waals surface area contributed by atoms with Gasteiger partial charge in [-0.15, -0.1) is 0 Å². The largest absolute Gasteiger partial charge is 0.481 e. The highest BCUT2D eigenvalue weighted by Gasteiger charge is 2.34. The van der Waals surface area contributed by atoms with Gasteiger partial charge < -0.3 is 10.8 Å². The van der Waals surface area contributed by atoms with Crippen LogP contribution in [0.5, 0.6) is 0 Å². The number of rotatable bonds is 4. The van der Waals surface area contributed by atoms with E-state index in [1.165, 1.54) is 19.1 Å². The number of aliphatic carboxylic acids is 1. The van der Waals surface area contributed by atoms with Crippen LogP contribution in [-0.2, 0) is 17.4 Å². The lowest BCUT2D eigenvalue weighted by molar-refractivity contribution is -0.147. The van der Waals surface area contributed by atoms with Gasteiger partial charge in [-0.25, -0.2) is 0 Å². The molecule has 0 saturated heterocycles. The number of benzene rings is 1. The van der Waals surface area contributed by atoms with Gasteiger partial charge in [-0.05, 0) is 25.0 Å². The average molecular weight is 261 g/mol. The number of hydrogen-bond acceptors (Lipinski definition) is 2. The molecule has 1 aromatic rings. The van der Waals surface area contributed by atoms with Crippen molar-refractivity contribution in [1.82, 2.24) is 0 Å². The third-order valence-electron chi connectivity index (χ3n) is 2.82. The van der Waals surface area contributed by atoms with E-state index in [0.29, 0.717) is 5.56 Å². The summed E-state index contributed by atoms with van der Waals surface area (Å²) in [5.41, 5.74) is 3.64. The molecule has 0 aliphatic heterocycles. The first kappa shape index (κ1) is 14.5. The summed E-state index contributed by atoms with van der Waals surface area (Å²) in [4.78, 5) is 11.0. The second kappa shape index (κ2) is 4.97. The zero-order chi connectivity index (χ0) is 14.0. The topological polar surface area (TPSA) is 63.3 Å². The summed E-state index contributed by atoms with van der Waals surface area (Å²) < 4.78 is 37.5. The van der Waals surface area contributed by atoms with Gasteiger partial charge in [-0.2, -0.15) is 13.2 Å². The average Bonchev–Trinajstić information content (AvgIpc) is 2.28. The molecule has 0 spiro atoms. The van der Waals surface area contributed by atoms with Crippen molar-refractivity contribution in [3.8, 4) is 0 Å². The maximum absolute atomic E-state index is 12.5. The number of carboxylic acids is 1.